The van der Waals surface area contributed by atoms with Crippen molar-refractivity contribution >= 4 is 0 Å². The highest BCUT2D eigenvalue weighted by molar-refractivity contribution is 5.12. The second kappa shape index (κ2) is 4.67. The number of aryl methyl sites for hydroxylation is 1. The molecule has 1 N–H and O–H groups in total. The summed E-state index contributed by atoms with van der Waals surface area (Å²) in [6.45, 7) is 8.31. The van der Waals surface area contributed by atoms with Crippen LogP contribution < -0.4 is 5.32 Å². The van der Waals surface area contributed by atoms with Crippen LogP contribution in [0.5, 0.6) is 0 Å². The van der Waals surface area contributed by atoms with Crippen molar-refractivity contribution < 1.29 is 0 Å². The van der Waals surface area contributed by atoms with E-state index >= 15 is 0 Å². The van der Waals surface area contributed by atoms with Crippen molar-refractivity contribution in [1.29, 1.82) is 0 Å². The number of fused-ring (bicyclic) bond motifs is 1. The number of hydrogen-bond donors (Lipinski definition) is 1. The van der Waals surface area contributed by atoms with Gasteiger partial charge in [0.05, 0.1) is 6.20 Å². The zero-order valence-electron chi connectivity index (χ0n) is 11.6. The van der Waals surface area contributed by atoms with E-state index < -0.39 is 0 Å². The zero-order chi connectivity index (χ0) is 12.7. The molecule has 1 aromatic rings. The van der Waals surface area contributed by atoms with Crippen LogP contribution in [0.4, 0.5) is 0 Å². The van der Waals surface area contributed by atoms with E-state index in [-0.39, 0.29) is 0 Å². The number of likely N-dealkylation sites (tertiary alicyclic amines) is 1. The summed E-state index contributed by atoms with van der Waals surface area (Å²) in [6.07, 6.45) is 5.43. The van der Waals surface area contributed by atoms with Crippen molar-refractivity contribution in [2.45, 2.75) is 32.4 Å². The number of rotatable bonds is 3. The summed E-state index contributed by atoms with van der Waals surface area (Å²) in [6, 6.07) is 1.23. The van der Waals surface area contributed by atoms with Crippen LogP contribution in [-0.2, 0) is 7.05 Å². The summed E-state index contributed by atoms with van der Waals surface area (Å²) < 4.78 is 1.91. The summed E-state index contributed by atoms with van der Waals surface area (Å²) in [4.78, 5) is 2.70. The maximum Gasteiger partial charge on any atom is 0.0537 e. The smallest absolute Gasteiger partial charge is 0.0537 e. The van der Waals surface area contributed by atoms with Gasteiger partial charge in [-0.25, -0.2) is 0 Å². The third-order valence-corrected chi connectivity index (χ3v) is 4.88. The number of aromatic nitrogens is 2. The molecular formula is C14H24N4. The minimum Gasteiger partial charge on any atom is -0.316 e. The minimum absolute atomic E-state index is 0.495. The van der Waals surface area contributed by atoms with Gasteiger partial charge in [-0.05, 0) is 38.3 Å². The molecule has 0 saturated carbocycles. The molecule has 4 heteroatoms. The van der Waals surface area contributed by atoms with Crippen molar-refractivity contribution in [2.24, 2.45) is 18.9 Å². The number of hydrogen-bond acceptors (Lipinski definition) is 3. The molecule has 1 aromatic heterocycles. The van der Waals surface area contributed by atoms with Crippen LogP contribution in [0.25, 0.3) is 0 Å². The molecule has 2 saturated heterocycles. The van der Waals surface area contributed by atoms with Gasteiger partial charge < -0.3 is 5.32 Å². The van der Waals surface area contributed by atoms with E-state index in [1.165, 1.54) is 31.6 Å². The van der Waals surface area contributed by atoms with Crippen LogP contribution in [0.3, 0.4) is 0 Å². The Morgan fingerprint density at radius 2 is 2.33 bits per heavy atom. The van der Waals surface area contributed by atoms with Crippen LogP contribution in [0.1, 0.15) is 31.9 Å². The molecule has 0 bridgehead atoms. The van der Waals surface area contributed by atoms with Crippen molar-refractivity contribution in [2.75, 3.05) is 19.6 Å². The fraction of sp³-hybridized carbons (Fsp3) is 0.786. The van der Waals surface area contributed by atoms with Gasteiger partial charge in [0.25, 0.3) is 0 Å². The van der Waals surface area contributed by atoms with Gasteiger partial charge in [-0.1, -0.05) is 6.92 Å². The highest BCUT2D eigenvalue weighted by atomic mass is 15.3. The van der Waals surface area contributed by atoms with E-state index in [2.05, 4.69) is 35.4 Å². The van der Waals surface area contributed by atoms with Crippen LogP contribution in [0.2, 0.25) is 0 Å². The van der Waals surface area contributed by atoms with Crippen molar-refractivity contribution in [3.63, 3.8) is 0 Å². The lowest BCUT2D eigenvalue weighted by Crippen LogP contribution is -2.36. The molecule has 3 heterocycles. The standard InChI is InChI=1S/C14H24N4/c1-4-14-13-7-15-5-12(13)9-18(14)10(2)11-6-16-17(3)8-11/h6,8,10,12-15H,4-5,7,9H2,1-3H3. The fourth-order valence-electron chi connectivity index (χ4n) is 3.89. The normalized spacial score (nSPS) is 33.8. The van der Waals surface area contributed by atoms with Crippen LogP contribution in [-0.4, -0.2) is 40.4 Å². The quantitative estimate of drug-likeness (QED) is 0.878. The van der Waals surface area contributed by atoms with Crippen LogP contribution in [0, 0.1) is 11.8 Å². The first kappa shape index (κ1) is 12.2. The van der Waals surface area contributed by atoms with Gasteiger partial charge in [-0.3, -0.25) is 9.58 Å². The van der Waals surface area contributed by atoms with E-state index in [1.54, 1.807) is 0 Å². The monoisotopic (exact) mass is 248 g/mol. The summed E-state index contributed by atoms with van der Waals surface area (Å²) in [7, 11) is 2.00. The Morgan fingerprint density at radius 3 is 3.00 bits per heavy atom. The van der Waals surface area contributed by atoms with Gasteiger partial charge in [0.15, 0.2) is 0 Å². The van der Waals surface area contributed by atoms with E-state index in [1.807, 2.05) is 17.9 Å². The van der Waals surface area contributed by atoms with E-state index in [9.17, 15) is 0 Å². The molecule has 2 fully saturated rings. The fourth-order valence-corrected chi connectivity index (χ4v) is 3.89. The lowest BCUT2D eigenvalue weighted by Gasteiger charge is -2.31. The predicted octanol–water partition coefficient (Wildman–Crippen LogP) is 1.41. The van der Waals surface area contributed by atoms with Crippen molar-refractivity contribution in [3.8, 4) is 0 Å². The third-order valence-electron chi connectivity index (χ3n) is 4.88. The van der Waals surface area contributed by atoms with Gasteiger partial charge in [0, 0.05) is 37.4 Å². The Balaban J connectivity index is 1.79. The molecule has 2 aliphatic rings. The minimum atomic E-state index is 0.495. The molecule has 2 aliphatic heterocycles. The van der Waals surface area contributed by atoms with Gasteiger partial charge in [0.1, 0.15) is 0 Å². The largest absolute Gasteiger partial charge is 0.316 e. The molecule has 0 radical (unpaired) electrons. The molecule has 0 aromatic carbocycles. The second-order valence-electron chi connectivity index (χ2n) is 5.88. The highest BCUT2D eigenvalue weighted by Gasteiger charge is 2.44. The third kappa shape index (κ3) is 1.88. The van der Waals surface area contributed by atoms with Crippen molar-refractivity contribution in [3.05, 3.63) is 18.0 Å². The Kier molecular flexibility index (Phi) is 3.16. The van der Waals surface area contributed by atoms with E-state index in [4.69, 9.17) is 0 Å². The SMILES string of the molecule is CCC1C2CNCC2CN1C(C)c1cnn(C)c1. The second-order valence-corrected chi connectivity index (χ2v) is 5.88. The van der Waals surface area contributed by atoms with Gasteiger partial charge in [0.2, 0.25) is 0 Å². The van der Waals surface area contributed by atoms with Crippen LogP contribution >= 0.6 is 0 Å². The molecule has 4 unspecified atom stereocenters. The summed E-state index contributed by atoms with van der Waals surface area (Å²) in [5.41, 5.74) is 1.35. The van der Waals surface area contributed by atoms with Crippen molar-refractivity contribution in [1.82, 2.24) is 20.0 Å². The average Bonchev–Trinajstić information content (AvgIpc) is 3.01. The summed E-state index contributed by atoms with van der Waals surface area (Å²) in [5.74, 6) is 1.71. The number of nitrogens with zero attached hydrogens (tertiary/aromatic N) is 3. The average molecular weight is 248 g/mol. The Hall–Kier alpha value is -0.870. The van der Waals surface area contributed by atoms with Gasteiger partial charge >= 0.3 is 0 Å². The van der Waals surface area contributed by atoms with Gasteiger partial charge in [-0.15, -0.1) is 0 Å². The molecule has 18 heavy (non-hydrogen) atoms. The Labute approximate surface area is 109 Å². The summed E-state index contributed by atoms with van der Waals surface area (Å²) >= 11 is 0. The molecule has 4 nitrogen and oxygen atoms in total. The molecule has 100 valence electrons. The summed E-state index contributed by atoms with van der Waals surface area (Å²) in [5, 5.41) is 7.86. The molecule has 0 amide bonds. The van der Waals surface area contributed by atoms with Crippen LogP contribution in [0.15, 0.2) is 12.4 Å². The topological polar surface area (TPSA) is 33.1 Å². The number of nitrogens with one attached hydrogen (secondary N) is 1. The predicted molar refractivity (Wildman–Crippen MR) is 72.3 cm³/mol. The molecule has 4 atom stereocenters. The van der Waals surface area contributed by atoms with Gasteiger partial charge in [-0.2, -0.15) is 5.10 Å². The first-order chi connectivity index (χ1) is 8.70. The molecule has 3 rings (SSSR count). The zero-order valence-corrected chi connectivity index (χ0v) is 11.6. The Bertz CT molecular complexity index is 414. The highest BCUT2D eigenvalue weighted by Crippen LogP contribution is 2.39. The lowest BCUT2D eigenvalue weighted by atomic mass is 9.92. The first-order valence-electron chi connectivity index (χ1n) is 7.15. The lowest BCUT2D eigenvalue weighted by molar-refractivity contribution is 0.165. The first-order valence-corrected chi connectivity index (χ1v) is 7.15. The molecular weight excluding hydrogens is 224 g/mol. The Morgan fingerprint density at radius 1 is 1.50 bits per heavy atom. The molecule has 0 spiro atoms. The molecule has 0 aliphatic carbocycles. The maximum atomic E-state index is 4.31. The van der Waals surface area contributed by atoms with E-state index in [0.29, 0.717) is 6.04 Å². The maximum absolute atomic E-state index is 4.31. The van der Waals surface area contributed by atoms with E-state index in [0.717, 1.165) is 17.9 Å².